The zero-order valence-corrected chi connectivity index (χ0v) is 9.10. The Labute approximate surface area is 85.0 Å². The monoisotopic (exact) mass is 203 g/mol. The Hall–Kier alpha value is -0.240. The molecule has 0 heterocycles. The van der Waals surface area contributed by atoms with Gasteiger partial charge in [-0.25, -0.2) is 0 Å². The molecule has 1 saturated carbocycles. The van der Waals surface area contributed by atoms with E-state index in [-0.39, 0.29) is 17.3 Å². The molecule has 0 saturated heterocycles. The SMILES string of the molecule is CC(C)CC(=O)NC1CCCC1Cl. The van der Waals surface area contributed by atoms with Crippen molar-refractivity contribution in [1.29, 1.82) is 0 Å². The lowest BCUT2D eigenvalue weighted by atomic mass is 10.1. The molecule has 1 amide bonds. The third kappa shape index (κ3) is 3.55. The first-order chi connectivity index (χ1) is 6.09. The van der Waals surface area contributed by atoms with Gasteiger partial charge in [-0.15, -0.1) is 11.6 Å². The molecule has 1 rings (SSSR count). The van der Waals surface area contributed by atoms with E-state index in [0.29, 0.717) is 12.3 Å². The van der Waals surface area contributed by atoms with Crippen LogP contribution >= 0.6 is 11.6 Å². The third-order valence-corrected chi connectivity index (χ3v) is 2.89. The minimum absolute atomic E-state index is 0.146. The molecule has 2 unspecified atom stereocenters. The zero-order chi connectivity index (χ0) is 9.84. The summed E-state index contributed by atoms with van der Waals surface area (Å²) in [5, 5.41) is 3.14. The molecule has 0 aliphatic heterocycles. The molecule has 1 aliphatic carbocycles. The van der Waals surface area contributed by atoms with E-state index in [0.717, 1.165) is 19.3 Å². The van der Waals surface area contributed by atoms with Gasteiger partial charge in [-0.05, 0) is 25.2 Å². The summed E-state index contributed by atoms with van der Waals surface area (Å²) in [6, 6.07) is 0.216. The van der Waals surface area contributed by atoms with E-state index in [1.165, 1.54) is 0 Å². The quantitative estimate of drug-likeness (QED) is 0.701. The molecule has 0 spiro atoms. The summed E-state index contributed by atoms with van der Waals surface area (Å²) in [6.07, 6.45) is 3.83. The lowest BCUT2D eigenvalue weighted by Crippen LogP contribution is -2.38. The predicted molar refractivity (Wildman–Crippen MR) is 54.9 cm³/mol. The summed E-state index contributed by atoms with van der Waals surface area (Å²) in [5.41, 5.74) is 0. The molecule has 13 heavy (non-hydrogen) atoms. The molecule has 1 aliphatic rings. The number of halogens is 1. The van der Waals surface area contributed by atoms with Crippen LogP contribution in [0.5, 0.6) is 0 Å². The lowest BCUT2D eigenvalue weighted by Gasteiger charge is -2.16. The molecule has 1 fully saturated rings. The van der Waals surface area contributed by atoms with Crippen LogP contribution in [0.15, 0.2) is 0 Å². The number of rotatable bonds is 3. The second-order valence-corrected chi connectivity index (χ2v) is 4.78. The normalized spacial score (nSPS) is 28.0. The van der Waals surface area contributed by atoms with E-state index in [1.807, 2.05) is 13.8 Å². The van der Waals surface area contributed by atoms with Crippen molar-refractivity contribution >= 4 is 17.5 Å². The summed E-state index contributed by atoms with van der Waals surface area (Å²) in [5.74, 6) is 0.572. The van der Waals surface area contributed by atoms with Crippen molar-refractivity contribution < 1.29 is 4.79 Å². The first-order valence-electron chi connectivity index (χ1n) is 5.03. The molecule has 2 nitrogen and oxygen atoms in total. The van der Waals surface area contributed by atoms with Crippen LogP contribution in [0, 0.1) is 5.92 Å². The zero-order valence-electron chi connectivity index (χ0n) is 8.35. The van der Waals surface area contributed by atoms with Gasteiger partial charge in [-0.3, -0.25) is 4.79 Å². The highest BCUT2D eigenvalue weighted by Gasteiger charge is 2.26. The summed E-state index contributed by atoms with van der Waals surface area (Å²) in [7, 11) is 0. The molecule has 0 bridgehead atoms. The van der Waals surface area contributed by atoms with Crippen LogP contribution in [0.25, 0.3) is 0 Å². The van der Waals surface area contributed by atoms with Crippen LogP contribution < -0.4 is 5.32 Å². The Morgan fingerprint density at radius 3 is 2.69 bits per heavy atom. The molecule has 76 valence electrons. The van der Waals surface area contributed by atoms with Gasteiger partial charge < -0.3 is 5.32 Å². The number of carbonyl (C=O) groups is 1. The van der Waals surface area contributed by atoms with Crippen molar-refractivity contribution in [2.45, 2.75) is 50.9 Å². The predicted octanol–water partition coefficient (Wildman–Crippen LogP) is 2.31. The van der Waals surface area contributed by atoms with Gasteiger partial charge in [0.25, 0.3) is 0 Å². The van der Waals surface area contributed by atoms with Gasteiger partial charge in [0.2, 0.25) is 5.91 Å². The topological polar surface area (TPSA) is 29.1 Å². The van der Waals surface area contributed by atoms with Crippen LogP contribution in [-0.4, -0.2) is 17.3 Å². The Morgan fingerprint density at radius 1 is 1.54 bits per heavy atom. The van der Waals surface area contributed by atoms with Crippen LogP contribution in [0.3, 0.4) is 0 Å². The smallest absolute Gasteiger partial charge is 0.220 e. The summed E-state index contributed by atoms with van der Waals surface area (Å²) in [6.45, 7) is 4.10. The van der Waals surface area contributed by atoms with Crippen molar-refractivity contribution in [1.82, 2.24) is 5.32 Å². The van der Waals surface area contributed by atoms with E-state index >= 15 is 0 Å². The van der Waals surface area contributed by atoms with Crippen molar-refractivity contribution in [3.63, 3.8) is 0 Å². The summed E-state index contributed by atoms with van der Waals surface area (Å²) < 4.78 is 0. The Bertz CT molecular complexity index is 182. The van der Waals surface area contributed by atoms with Crippen molar-refractivity contribution in [3.05, 3.63) is 0 Å². The number of hydrogen-bond donors (Lipinski definition) is 1. The van der Waals surface area contributed by atoms with Gasteiger partial charge in [0.05, 0.1) is 5.38 Å². The van der Waals surface area contributed by atoms with Gasteiger partial charge >= 0.3 is 0 Å². The van der Waals surface area contributed by atoms with Crippen molar-refractivity contribution in [2.24, 2.45) is 5.92 Å². The molecule has 0 aromatic rings. The third-order valence-electron chi connectivity index (χ3n) is 2.37. The fraction of sp³-hybridized carbons (Fsp3) is 0.900. The number of alkyl halides is 1. The maximum absolute atomic E-state index is 11.4. The van der Waals surface area contributed by atoms with Crippen LogP contribution in [0.4, 0.5) is 0 Å². The van der Waals surface area contributed by atoms with Gasteiger partial charge in [-0.1, -0.05) is 13.8 Å². The van der Waals surface area contributed by atoms with E-state index < -0.39 is 0 Å². The van der Waals surface area contributed by atoms with Gasteiger partial charge in [0.15, 0.2) is 0 Å². The molecule has 1 N–H and O–H groups in total. The Balaban J connectivity index is 2.27. The first kappa shape index (κ1) is 10.8. The van der Waals surface area contributed by atoms with E-state index in [9.17, 15) is 4.79 Å². The van der Waals surface area contributed by atoms with Gasteiger partial charge in [-0.2, -0.15) is 0 Å². The first-order valence-corrected chi connectivity index (χ1v) is 5.46. The largest absolute Gasteiger partial charge is 0.352 e. The molecular weight excluding hydrogens is 186 g/mol. The highest BCUT2D eigenvalue weighted by atomic mass is 35.5. The van der Waals surface area contributed by atoms with Crippen molar-refractivity contribution in [2.75, 3.05) is 0 Å². The van der Waals surface area contributed by atoms with Crippen molar-refractivity contribution in [3.8, 4) is 0 Å². The summed E-state index contributed by atoms with van der Waals surface area (Å²) in [4.78, 5) is 11.4. The second kappa shape index (κ2) is 4.85. The number of amides is 1. The number of hydrogen-bond acceptors (Lipinski definition) is 1. The molecule has 3 heteroatoms. The molecular formula is C10H18ClNO. The average molecular weight is 204 g/mol. The summed E-state index contributed by atoms with van der Waals surface area (Å²) >= 11 is 6.04. The van der Waals surface area contributed by atoms with Gasteiger partial charge in [0, 0.05) is 12.5 Å². The maximum Gasteiger partial charge on any atom is 0.220 e. The van der Waals surface area contributed by atoms with E-state index in [4.69, 9.17) is 11.6 Å². The number of carbonyl (C=O) groups excluding carboxylic acids is 1. The highest BCUT2D eigenvalue weighted by Crippen LogP contribution is 2.24. The van der Waals surface area contributed by atoms with E-state index in [1.54, 1.807) is 0 Å². The Kier molecular flexibility index (Phi) is 4.04. The lowest BCUT2D eigenvalue weighted by molar-refractivity contribution is -0.122. The standard InChI is InChI=1S/C10H18ClNO/c1-7(2)6-10(13)12-9-5-3-4-8(9)11/h7-9H,3-6H2,1-2H3,(H,12,13). The fourth-order valence-corrected chi connectivity index (χ4v) is 2.06. The minimum atomic E-state index is 0.146. The van der Waals surface area contributed by atoms with Gasteiger partial charge in [0.1, 0.15) is 0 Å². The Morgan fingerprint density at radius 2 is 2.23 bits per heavy atom. The molecule has 0 aromatic heterocycles. The minimum Gasteiger partial charge on any atom is -0.352 e. The number of nitrogens with one attached hydrogen (secondary N) is 1. The second-order valence-electron chi connectivity index (χ2n) is 4.22. The highest BCUT2D eigenvalue weighted by molar-refractivity contribution is 6.21. The van der Waals surface area contributed by atoms with Crippen LogP contribution in [0.1, 0.15) is 39.5 Å². The average Bonchev–Trinajstić information content (AvgIpc) is 2.34. The fourth-order valence-electron chi connectivity index (χ4n) is 1.71. The van der Waals surface area contributed by atoms with Crippen LogP contribution in [0.2, 0.25) is 0 Å². The van der Waals surface area contributed by atoms with Crippen LogP contribution in [-0.2, 0) is 4.79 Å². The maximum atomic E-state index is 11.4. The molecule has 2 atom stereocenters. The van der Waals surface area contributed by atoms with E-state index in [2.05, 4.69) is 5.32 Å². The molecule has 0 aromatic carbocycles. The molecule has 0 radical (unpaired) electrons.